The summed E-state index contributed by atoms with van der Waals surface area (Å²) in [6.07, 6.45) is 3.79. The predicted molar refractivity (Wildman–Crippen MR) is 85.1 cm³/mol. The van der Waals surface area contributed by atoms with Crippen LogP contribution in [0.4, 0.5) is 5.69 Å². The number of hydrogen-bond acceptors (Lipinski definition) is 4. The van der Waals surface area contributed by atoms with Crippen LogP contribution in [0.5, 0.6) is 0 Å². The largest absolute Gasteiger partial charge is 0.389 e. The van der Waals surface area contributed by atoms with Crippen molar-refractivity contribution in [1.29, 1.82) is 0 Å². The summed E-state index contributed by atoms with van der Waals surface area (Å²) in [7, 11) is 0. The van der Waals surface area contributed by atoms with Crippen molar-refractivity contribution in [2.45, 2.75) is 44.8 Å². The first-order chi connectivity index (χ1) is 9.89. The molecular formula is C15H21BrN2O3. The van der Waals surface area contributed by atoms with Crippen molar-refractivity contribution in [3.8, 4) is 0 Å². The third-order valence-corrected chi connectivity index (χ3v) is 4.57. The number of nitrogens with zero attached hydrogens (tertiary/aromatic N) is 1. The van der Waals surface area contributed by atoms with Crippen LogP contribution in [0.2, 0.25) is 0 Å². The average Bonchev–Trinajstić information content (AvgIpc) is 2.37. The van der Waals surface area contributed by atoms with Crippen molar-refractivity contribution in [2.24, 2.45) is 5.92 Å². The zero-order chi connectivity index (χ0) is 15.5. The molecule has 1 aromatic carbocycles. The second kappa shape index (κ2) is 6.85. The number of nitro groups is 1. The van der Waals surface area contributed by atoms with E-state index in [0.717, 1.165) is 23.7 Å². The van der Waals surface area contributed by atoms with Gasteiger partial charge >= 0.3 is 0 Å². The van der Waals surface area contributed by atoms with Crippen LogP contribution < -0.4 is 5.32 Å². The van der Waals surface area contributed by atoms with Crippen molar-refractivity contribution in [2.75, 3.05) is 6.54 Å². The fourth-order valence-electron chi connectivity index (χ4n) is 3.10. The molecule has 0 radical (unpaired) electrons. The molecule has 2 atom stereocenters. The Morgan fingerprint density at radius 1 is 1.57 bits per heavy atom. The Labute approximate surface area is 133 Å². The number of nitrogens with one attached hydrogen (secondary N) is 1. The van der Waals surface area contributed by atoms with Crippen LogP contribution in [0.25, 0.3) is 0 Å². The number of halogens is 1. The molecule has 2 unspecified atom stereocenters. The summed E-state index contributed by atoms with van der Waals surface area (Å²) < 4.78 is 0.815. The first-order valence-corrected chi connectivity index (χ1v) is 8.05. The average molecular weight is 357 g/mol. The van der Waals surface area contributed by atoms with Gasteiger partial charge in [0.25, 0.3) is 5.69 Å². The molecule has 0 amide bonds. The van der Waals surface area contributed by atoms with Gasteiger partial charge in [-0.2, -0.15) is 0 Å². The summed E-state index contributed by atoms with van der Waals surface area (Å²) in [5.74, 6) is 0.533. The van der Waals surface area contributed by atoms with Crippen LogP contribution in [0.15, 0.2) is 22.7 Å². The zero-order valence-corrected chi connectivity index (χ0v) is 13.7. The van der Waals surface area contributed by atoms with Gasteiger partial charge in [0.15, 0.2) is 0 Å². The van der Waals surface area contributed by atoms with Gasteiger partial charge in [-0.1, -0.05) is 35.7 Å². The first-order valence-electron chi connectivity index (χ1n) is 7.25. The SMILES string of the molecule is CC1CCCC(O)(CNCc2cc(Br)ccc2[N+](=O)[O-])C1. The smallest absolute Gasteiger partial charge is 0.273 e. The third kappa shape index (κ3) is 4.49. The van der Waals surface area contributed by atoms with Gasteiger partial charge in [-0.05, 0) is 30.9 Å². The lowest BCUT2D eigenvalue weighted by Gasteiger charge is -2.35. The van der Waals surface area contributed by atoms with Gasteiger partial charge in [0.1, 0.15) is 0 Å². The molecule has 1 aliphatic carbocycles. The Hall–Kier alpha value is -0.980. The first kappa shape index (κ1) is 16.4. The Bertz CT molecular complexity index is 524. The maximum Gasteiger partial charge on any atom is 0.273 e. The Morgan fingerprint density at radius 3 is 3.00 bits per heavy atom. The minimum Gasteiger partial charge on any atom is -0.389 e. The lowest BCUT2D eigenvalue weighted by atomic mass is 9.79. The van der Waals surface area contributed by atoms with Crippen molar-refractivity contribution in [3.63, 3.8) is 0 Å². The molecule has 2 rings (SSSR count). The van der Waals surface area contributed by atoms with E-state index < -0.39 is 5.60 Å². The maximum atomic E-state index is 11.0. The second-order valence-corrected chi connectivity index (χ2v) is 6.98. The normalized spacial score (nSPS) is 25.8. The standard InChI is InChI=1S/C15H21BrN2O3/c1-11-3-2-6-15(19,8-11)10-17-9-12-7-13(16)4-5-14(12)18(20)21/h4-5,7,11,17,19H,2-3,6,8-10H2,1H3. The van der Waals surface area contributed by atoms with E-state index in [4.69, 9.17) is 0 Å². The number of aliphatic hydroxyl groups is 1. The van der Waals surface area contributed by atoms with E-state index in [-0.39, 0.29) is 10.6 Å². The lowest BCUT2D eigenvalue weighted by molar-refractivity contribution is -0.385. The van der Waals surface area contributed by atoms with Crippen molar-refractivity contribution < 1.29 is 10.0 Å². The molecule has 0 saturated heterocycles. The third-order valence-electron chi connectivity index (χ3n) is 4.08. The van der Waals surface area contributed by atoms with Crippen LogP contribution in [0, 0.1) is 16.0 Å². The van der Waals surface area contributed by atoms with E-state index in [9.17, 15) is 15.2 Å². The molecule has 21 heavy (non-hydrogen) atoms. The Kier molecular flexibility index (Phi) is 5.35. The fraction of sp³-hybridized carbons (Fsp3) is 0.600. The van der Waals surface area contributed by atoms with E-state index in [1.54, 1.807) is 12.1 Å². The van der Waals surface area contributed by atoms with E-state index >= 15 is 0 Å². The summed E-state index contributed by atoms with van der Waals surface area (Å²) in [5.41, 5.74) is 0.0508. The van der Waals surface area contributed by atoms with Crippen molar-refractivity contribution >= 4 is 21.6 Å². The molecule has 0 heterocycles. The van der Waals surface area contributed by atoms with Crippen molar-refractivity contribution in [1.82, 2.24) is 5.32 Å². The van der Waals surface area contributed by atoms with Gasteiger partial charge in [-0.15, -0.1) is 0 Å². The van der Waals surface area contributed by atoms with Gasteiger partial charge in [-0.3, -0.25) is 10.1 Å². The number of benzene rings is 1. The number of rotatable bonds is 5. The van der Waals surface area contributed by atoms with Crippen LogP contribution >= 0.6 is 15.9 Å². The summed E-state index contributed by atoms with van der Waals surface area (Å²) in [6, 6.07) is 4.91. The van der Waals surface area contributed by atoms with E-state index in [1.165, 1.54) is 12.5 Å². The molecule has 0 bridgehead atoms. The lowest BCUT2D eigenvalue weighted by Crippen LogP contribution is -2.43. The number of nitro benzene ring substituents is 1. The molecule has 1 aliphatic rings. The minimum atomic E-state index is -0.682. The summed E-state index contributed by atoms with van der Waals surface area (Å²) in [5, 5.41) is 24.7. The molecule has 0 aromatic heterocycles. The molecule has 5 nitrogen and oxygen atoms in total. The fourth-order valence-corrected chi connectivity index (χ4v) is 3.51. The highest BCUT2D eigenvalue weighted by Gasteiger charge is 2.32. The molecule has 6 heteroatoms. The Morgan fingerprint density at radius 2 is 2.33 bits per heavy atom. The van der Waals surface area contributed by atoms with E-state index in [0.29, 0.717) is 24.6 Å². The van der Waals surface area contributed by atoms with Crippen LogP contribution in [-0.4, -0.2) is 22.2 Å². The molecule has 116 valence electrons. The zero-order valence-electron chi connectivity index (χ0n) is 12.1. The summed E-state index contributed by atoms with van der Waals surface area (Å²) in [6.45, 7) is 3.01. The topological polar surface area (TPSA) is 75.4 Å². The van der Waals surface area contributed by atoms with Gasteiger partial charge in [0.05, 0.1) is 10.5 Å². The van der Waals surface area contributed by atoms with Crippen LogP contribution in [0.1, 0.15) is 38.2 Å². The number of hydrogen-bond donors (Lipinski definition) is 2. The highest BCUT2D eigenvalue weighted by atomic mass is 79.9. The molecular weight excluding hydrogens is 336 g/mol. The van der Waals surface area contributed by atoms with Crippen molar-refractivity contribution in [3.05, 3.63) is 38.3 Å². The molecule has 2 N–H and O–H groups in total. The quantitative estimate of drug-likeness (QED) is 0.626. The molecule has 0 aliphatic heterocycles. The predicted octanol–water partition coefficient (Wildman–Crippen LogP) is 3.39. The van der Waals surface area contributed by atoms with Crippen LogP contribution in [-0.2, 0) is 6.54 Å². The Balaban J connectivity index is 1.97. The molecule has 1 aromatic rings. The van der Waals surface area contributed by atoms with Gasteiger partial charge in [0.2, 0.25) is 0 Å². The van der Waals surface area contributed by atoms with Gasteiger partial charge in [-0.25, -0.2) is 0 Å². The second-order valence-electron chi connectivity index (χ2n) is 6.06. The highest BCUT2D eigenvalue weighted by molar-refractivity contribution is 9.10. The minimum absolute atomic E-state index is 0.106. The molecule has 1 saturated carbocycles. The van der Waals surface area contributed by atoms with E-state index in [1.807, 2.05) is 0 Å². The van der Waals surface area contributed by atoms with Gasteiger partial charge < -0.3 is 10.4 Å². The van der Waals surface area contributed by atoms with Gasteiger partial charge in [0, 0.05) is 29.2 Å². The summed E-state index contributed by atoms with van der Waals surface area (Å²) >= 11 is 3.33. The maximum absolute atomic E-state index is 11.0. The summed E-state index contributed by atoms with van der Waals surface area (Å²) in [4.78, 5) is 10.6. The van der Waals surface area contributed by atoms with Crippen LogP contribution in [0.3, 0.4) is 0 Å². The molecule has 0 spiro atoms. The monoisotopic (exact) mass is 356 g/mol. The van der Waals surface area contributed by atoms with E-state index in [2.05, 4.69) is 28.2 Å². The highest BCUT2D eigenvalue weighted by Crippen LogP contribution is 2.32. The molecule has 1 fully saturated rings.